The summed E-state index contributed by atoms with van der Waals surface area (Å²) >= 11 is 0. The van der Waals surface area contributed by atoms with Gasteiger partial charge < -0.3 is 15.4 Å². The van der Waals surface area contributed by atoms with Gasteiger partial charge in [-0.05, 0) is 63.3 Å². The van der Waals surface area contributed by atoms with Crippen LogP contribution in [0.15, 0.2) is 24.3 Å². The van der Waals surface area contributed by atoms with Crippen molar-refractivity contribution < 1.29 is 4.74 Å². The fraction of sp³-hybridized carbons (Fsp3) is 0.647. The molecule has 1 aromatic carbocycles. The van der Waals surface area contributed by atoms with Gasteiger partial charge in [-0.15, -0.1) is 0 Å². The fourth-order valence-corrected chi connectivity index (χ4v) is 3.97. The number of piperidine rings is 1. The van der Waals surface area contributed by atoms with Gasteiger partial charge in [0.05, 0.1) is 6.61 Å². The maximum absolute atomic E-state index is 6.53. The van der Waals surface area contributed by atoms with Gasteiger partial charge in [-0.1, -0.05) is 12.1 Å². The maximum atomic E-state index is 6.53. The molecule has 3 unspecified atom stereocenters. The molecule has 0 spiro atoms. The Hall–Kier alpha value is -1.06. The van der Waals surface area contributed by atoms with Crippen LogP contribution < -0.4 is 10.5 Å². The van der Waals surface area contributed by atoms with Crippen molar-refractivity contribution in [1.29, 1.82) is 0 Å². The van der Waals surface area contributed by atoms with Gasteiger partial charge in [-0.2, -0.15) is 0 Å². The average Bonchev–Trinajstić information content (AvgIpc) is 2.68. The summed E-state index contributed by atoms with van der Waals surface area (Å²) in [5.74, 6) is 1.56. The van der Waals surface area contributed by atoms with E-state index in [1.54, 1.807) is 0 Å². The Bertz CT molecular complexity index is 431. The van der Waals surface area contributed by atoms with E-state index in [4.69, 9.17) is 10.5 Å². The SMILES string of the molecule is CCOc1ccc(C(N)C2CC3CCC(C2)N3C)cc1. The van der Waals surface area contributed by atoms with Gasteiger partial charge in [-0.3, -0.25) is 0 Å². The van der Waals surface area contributed by atoms with Crippen LogP contribution in [-0.4, -0.2) is 30.6 Å². The highest BCUT2D eigenvalue weighted by Gasteiger charge is 2.40. The summed E-state index contributed by atoms with van der Waals surface area (Å²) in [6, 6.07) is 10.0. The molecule has 3 nitrogen and oxygen atoms in total. The van der Waals surface area contributed by atoms with Crippen molar-refractivity contribution in [2.45, 2.75) is 50.7 Å². The second kappa shape index (κ2) is 5.74. The van der Waals surface area contributed by atoms with Gasteiger partial charge in [0.15, 0.2) is 0 Å². The Morgan fingerprint density at radius 2 is 1.80 bits per heavy atom. The third-order valence-electron chi connectivity index (χ3n) is 5.22. The van der Waals surface area contributed by atoms with Crippen LogP contribution in [0.3, 0.4) is 0 Å². The molecule has 0 radical (unpaired) electrons. The van der Waals surface area contributed by atoms with E-state index in [0.717, 1.165) is 17.8 Å². The molecule has 0 aromatic heterocycles. The molecule has 1 aromatic rings. The largest absolute Gasteiger partial charge is 0.494 e. The molecule has 0 aliphatic carbocycles. The van der Waals surface area contributed by atoms with Crippen molar-refractivity contribution in [3.8, 4) is 5.75 Å². The highest BCUT2D eigenvalue weighted by Crippen LogP contribution is 2.41. The van der Waals surface area contributed by atoms with Crippen LogP contribution in [0.2, 0.25) is 0 Å². The van der Waals surface area contributed by atoms with Crippen molar-refractivity contribution in [1.82, 2.24) is 4.90 Å². The molecule has 2 aliphatic rings. The highest BCUT2D eigenvalue weighted by atomic mass is 16.5. The molecule has 2 fully saturated rings. The van der Waals surface area contributed by atoms with Crippen molar-refractivity contribution in [3.63, 3.8) is 0 Å². The summed E-state index contributed by atoms with van der Waals surface area (Å²) < 4.78 is 5.50. The Labute approximate surface area is 122 Å². The zero-order valence-corrected chi connectivity index (χ0v) is 12.6. The van der Waals surface area contributed by atoms with Crippen molar-refractivity contribution in [3.05, 3.63) is 29.8 Å². The summed E-state index contributed by atoms with van der Waals surface area (Å²) in [7, 11) is 2.28. The first-order valence-corrected chi connectivity index (χ1v) is 7.89. The van der Waals surface area contributed by atoms with Gasteiger partial charge in [0, 0.05) is 18.1 Å². The predicted molar refractivity (Wildman–Crippen MR) is 81.8 cm³/mol. The number of benzene rings is 1. The summed E-state index contributed by atoms with van der Waals surface area (Å²) in [6.45, 7) is 2.72. The quantitative estimate of drug-likeness (QED) is 0.917. The molecule has 0 saturated carbocycles. The lowest BCUT2D eigenvalue weighted by molar-refractivity contribution is 0.121. The van der Waals surface area contributed by atoms with E-state index < -0.39 is 0 Å². The van der Waals surface area contributed by atoms with E-state index in [9.17, 15) is 0 Å². The Morgan fingerprint density at radius 1 is 1.20 bits per heavy atom. The van der Waals surface area contributed by atoms with E-state index in [-0.39, 0.29) is 6.04 Å². The molecule has 2 N–H and O–H groups in total. The van der Waals surface area contributed by atoms with E-state index >= 15 is 0 Å². The van der Waals surface area contributed by atoms with E-state index in [1.807, 2.05) is 19.1 Å². The molecule has 3 rings (SSSR count). The smallest absolute Gasteiger partial charge is 0.119 e. The molecular weight excluding hydrogens is 248 g/mol. The normalized spacial score (nSPS) is 31.2. The van der Waals surface area contributed by atoms with Crippen LogP contribution in [0.25, 0.3) is 0 Å². The first kappa shape index (κ1) is 13.9. The van der Waals surface area contributed by atoms with Crippen molar-refractivity contribution in [2.24, 2.45) is 11.7 Å². The van der Waals surface area contributed by atoms with E-state index in [2.05, 4.69) is 24.1 Å². The van der Waals surface area contributed by atoms with Crippen molar-refractivity contribution >= 4 is 0 Å². The van der Waals surface area contributed by atoms with E-state index in [0.29, 0.717) is 12.5 Å². The number of fused-ring (bicyclic) bond motifs is 2. The summed E-state index contributed by atoms with van der Waals surface area (Å²) in [6.07, 6.45) is 5.21. The number of ether oxygens (including phenoxy) is 1. The monoisotopic (exact) mass is 274 g/mol. The number of nitrogens with two attached hydrogens (primary N) is 1. The highest BCUT2D eigenvalue weighted by molar-refractivity contribution is 5.29. The van der Waals surface area contributed by atoms with E-state index in [1.165, 1.54) is 31.2 Å². The topological polar surface area (TPSA) is 38.5 Å². The first-order valence-electron chi connectivity index (χ1n) is 7.89. The minimum absolute atomic E-state index is 0.169. The number of rotatable bonds is 4. The van der Waals surface area contributed by atoms with Crippen LogP contribution >= 0.6 is 0 Å². The fourth-order valence-electron chi connectivity index (χ4n) is 3.97. The predicted octanol–water partition coefficient (Wildman–Crippen LogP) is 2.96. The molecule has 2 saturated heterocycles. The van der Waals surface area contributed by atoms with Crippen LogP contribution in [0, 0.1) is 5.92 Å². The molecule has 2 bridgehead atoms. The van der Waals surface area contributed by atoms with Crippen LogP contribution in [0.4, 0.5) is 0 Å². The number of nitrogens with zero attached hydrogens (tertiary/aromatic N) is 1. The molecule has 3 heteroatoms. The first-order chi connectivity index (χ1) is 9.69. The minimum Gasteiger partial charge on any atom is -0.494 e. The third-order valence-corrected chi connectivity index (χ3v) is 5.22. The van der Waals surface area contributed by atoms with Gasteiger partial charge in [0.2, 0.25) is 0 Å². The third kappa shape index (κ3) is 2.57. The zero-order chi connectivity index (χ0) is 14.1. The Morgan fingerprint density at radius 3 is 2.35 bits per heavy atom. The molecule has 2 heterocycles. The average molecular weight is 274 g/mol. The molecule has 2 aliphatic heterocycles. The second-order valence-corrected chi connectivity index (χ2v) is 6.31. The summed E-state index contributed by atoms with van der Waals surface area (Å²) in [5, 5.41) is 0. The lowest BCUT2D eigenvalue weighted by atomic mass is 9.82. The number of hydrogen-bond acceptors (Lipinski definition) is 3. The molecular formula is C17H26N2O. The molecule has 110 valence electrons. The standard InChI is InChI=1S/C17H26N2O/c1-3-20-16-8-4-12(5-9-16)17(18)13-10-14-6-7-15(11-13)19(14)2/h4-5,8-9,13-15,17H,3,6-7,10-11,18H2,1-2H3. The maximum Gasteiger partial charge on any atom is 0.119 e. The number of hydrogen-bond donors (Lipinski definition) is 1. The Balaban J connectivity index is 1.68. The van der Waals surface area contributed by atoms with Crippen LogP contribution in [-0.2, 0) is 0 Å². The zero-order valence-electron chi connectivity index (χ0n) is 12.6. The van der Waals surface area contributed by atoms with Gasteiger partial charge >= 0.3 is 0 Å². The lowest BCUT2D eigenvalue weighted by Crippen LogP contribution is -2.42. The van der Waals surface area contributed by atoms with Crippen LogP contribution in [0.1, 0.15) is 44.2 Å². The minimum atomic E-state index is 0.169. The summed E-state index contributed by atoms with van der Waals surface area (Å²) in [5.41, 5.74) is 7.78. The van der Waals surface area contributed by atoms with Gasteiger partial charge in [-0.25, -0.2) is 0 Å². The Kier molecular flexibility index (Phi) is 3.99. The van der Waals surface area contributed by atoms with Crippen LogP contribution in [0.5, 0.6) is 5.75 Å². The molecule has 20 heavy (non-hydrogen) atoms. The van der Waals surface area contributed by atoms with Gasteiger partial charge in [0.25, 0.3) is 0 Å². The summed E-state index contributed by atoms with van der Waals surface area (Å²) in [4.78, 5) is 2.57. The van der Waals surface area contributed by atoms with Crippen molar-refractivity contribution in [2.75, 3.05) is 13.7 Å². The molecule has 3 atom stereocenters. The van der Waals surface area contributed by atoms with Gasteiger partial charge in [0.1, 0.15) is 5.75 Å². The second-order valence-electron chi connectivity index (χ2n) is 6.31. The molecule has 0 amide bonds. The lowest BCUT2D eigenvalue weighted by Gasteiger charge is -2.38.